The first kappa shape index (κ1) is 19.4. The molecule has 0 aliphatic heterocycles. The van der Waals surface area contributed by atoms with Crippen molar-refractivity contribution in [1.29, 1.82) is 0 Å². The van der Waals surface area contributed by atoms with Crippen LogP contribution >= 0.6 is 22.7 Å². The van der Waals surface area contributed by atoms with Crippen LogP contribution in [-0.2, 0) is 16.6 Å². The first-order valence-electron chi connectivity index (χ1n) is 10.1. The topological polar surface area (TPSA) is 59.3 Å². The molecule has 0 spiro atoms. The van der Waals surface area contributed by atoms with Crippen LogP contribution in [-0.4, -0.2) is 27.0 Å². The van der Waals surface area contributed by atoms with Gasteiger partial charge in [-0.15, -0.1) is 27.8 Å². The van der Waals surface area contributed by atoms with Gasteiger partial charge >= 0.3 is 0 Å². The molecule has 1 aliphatic rings. The van der Waals surface area contributed by atoms with Crippen molar-refractivity contribution in [2.24, 2.45) is 0 Å². The zero-order valence-electron chi connectivity index (χ0n) is 16.3. The Bertz CT molecular complexity index is 1180. The summed E-state index contributed by atoms with van der Waals surface area (Å²) in [6.45, 7) is 0.534. The van der Waals surface area contributed by atoms with Crippen LogP contribution in [0.2, 0.25) is 0 Å². The maximum atomic E-state index is 14.1. The number of amides is 1. The third-order valence-corrected chi connectivity index (χ3v) is 7.75. The second kappa shape index (κ2) is 7.92. The van der Waals surface area contributed by atoms with E-state index in [4.69, 9.17) is 0 Å². The number of carbonyl (C=O) groups excluding carboxylic acids is 1. The molecule has 5 rings (SSSR count). The van der Waals surface area contributed by atoms with E-state index in [-0.39, 0.29) is 17.1 Å². The molecule has 1 fully saturated rings. The fourth-order valence-corrected chi connectivity index (χ4v) is 6.08. The van der Waals surface area contributed by atoms with Crippen LogP contribution in [0.15, 0.2) is 47.2 Å². The number of hydrogen-bond acceptors (Lipinski definition) is 5. The summed E-state index contributed by atoms with van der Waals surface area (Å²) in [7, 11) is 0. The maximum absolute atomic E-state index is 14.1. The number of thiazole rings is 1. The highest BCUT2D eigenvalue weighted by molar-refractivity contribution is 7.15. The van der Waals surface area contributed by atoms with Crippen LogP contribution in [0.5, 0.6) is 0 Å². The van der Waals surface area contributed by atoms with Crippen molar-refractivity contribution in [3.63, 3.8) is 0 Å². The zero-order chi connectivity index (χ0) is 20.6. The molecular weight excluding hydrogens is 419 g/mol. The molecule has 1 saturated carbocycles. The lowest BCUT2D eigenvalue weighted by molar-refractivity contribution is -0.126. The van der Waals surface area contributed by atoms with E-state index in [0.29, 0.717) is 24.4 Å². The van der Waals surface area contributed by atoms with E-state index in [9.17, 15) is 9.18 Å². The summed E-state index contributed by atoms with van der Waals surface area (Å²) in [5.41, 5.74) is 0.984. The molecule has 8 heteroatoms. The second-order valence-electron chi connectivity index (χ2n) is 7.61. The van der Waals surface area contributed by atoms with Gasteiger partial charge in [-0.1, -0.05) is 31.0 Å². The van der Waals surface area contributed by atoms with Crippen molar-refractivity contribution in [3.05, 3.63) is 63.5 Å². The average molecular weight is 441 g/mol. The first-order chi connectivity index (χ1) is 14.7. The fraction of sp³-hybridized carbons (Fsp3) is 0.318. The van der Waals surface area contributed by atoms with Gasteiger partial charge in [-0.05, 0) is 36.4 Å². The number of halogens is 1. The molecule has 1 aromatic carbocycles. The van der Waals surface area contributed by atoms with Crippen LogP contribution < -0.4 is 5.32 Å². The highest BCUT2D eigenvalue weighted by Gasteiger charge is 2.43. The largest absolute Gasteiger partial charge is 0.355 e. The second-order valence-corrected chi connectivity index (χ2v) is 9.39. The third-order valence-electron chi connectivity index (χ3n) is 5.82. The molecule has 5 nitrogen and oxygen atoms in total. The number of nitrogens with zero attached hydrogens (tertiary/aromatic N) is 3. The highest BCUT2D eigenvalue weighted by Crippen LogP contribution is 2.43. The highest BCUT2D eigenvalue weighted by atomic mass is 32.1. The van der Waals surface area contributed by atoms with Crippen molar-refractivity contribution in [3.8, 4) is 11.4 Å². The van der Waals surface area contributed by atoms with Gasteiger partial charge in [-0.3, -0.25) is 4.79 Å². The summed E-state index contributed by atoms with van der Waals surface area (Å²) in [6.07, 6.45) is 4.66. The third kappa shape index (κ3) is 3.33. The van der Waals surface area contributed by atoms with Gasteiger partial charge in [0.2, 0.25) is 10.9 Å². The molecule has 1 N–H and O–H groups in total. The normalized spacial score (nSPS) is 15.6. The summed E-state index contributed by atoms with van der Waals surface area (Å²) in [5, 5.41) is 11.7. The summed E-state index contributed by atoms with van der Waals surface area (Å²) in [5.74, 6) is 0.174. The van der Waals surface area contributed by atoms with Crippen molar-refractivity contribution >= 4 is 33.5 Å². The van der Waals surface area contributed by atoms with Gasteiger partial charge in [-0.25, -0.2) is 8.91 Å². The quantitative estimate of drug-likeness (QED) is 0.467. The van der Waals surface area contributed by atoms with Crippen LogP contribution in [0.4, 0.5) is 4.39 Å². The van der Waals surface area contributed by atoms with Gasteiger partial charge in [-0.2, -0.15) is 4.98 Å². The Kier molecular flexibility index (Phi) is 5.12. The van der Waals surface area contributed by atoms with Crippen molar-refractivity contribution in [1.82, 2.24) is 19.9 Å². The molecule has 4 aromatic rings. The van der Waals surface area contributed by atoms with Gasteiger partial charge < -0.3 is 5.32 Å². The lowest BCUT2D eigenvalue weighted by atomic mass is 9.83. The number of hydrogen-bond donors (Lipinski definition) is 1. The molecule has 1 aliphatic carbocycles. The number of aromatic nitrogens is 3. The summed E-state index contributed by atoms with van der Waals surface area (Å²) >= 11 is 3.14. The number of thiophene rings is 1. The maximum Gasteiger partial charge on any atom is 0.231 e. The lowest BCUT2D eigenvalue weighted by Gasteiger charge is -2.26. The molecule has 0 bridgehead atoms. The molecule has 0 radical (unpaired) electrons. The monoisotopic (exact) mass is 440 g/mol. The Morgan fingerprint density at radius 2 is 2.00 bits per heavy atom. The number of fused-ring (bicyclic) bond motifs is 1. The molecule has 3 aromatic heterocycles. The number of carbonyl (C=O) groups is 1. The minimum absolute atomic E-state index is 0.125. The average Bonchev–Trinajstić information content (AvgIpc) is 3.52. The van der Waals surface area contributed by atoms with Gasteiger partial charge in [0.25, 0.3) is 0 Å². The Morgan fingerprint density at radius 1 is 1.17 bits per heavy atom. The van der Waals surface area contributed by atoms with E-state index in [1.165, 1.54) is 22.3 Å². The molecule has 30 heavy (non-hydrogen) atoms. The van der Waals surface area contributed by atoms with E-state index in [1.807, 2.05) is 16.8 Å². The molecular formula is C22H21FN4OS2. The van der Waals surface area contributed by atoms with Crippen molar-refractivity contribution < 1.29 is 9.18 Å². The lowest BCUT2D eigenvalue weighted by Crippen LogP contribution is -2.42. The van der Waals surface area contributed by atoms with E-state index in [1.54, 1.807) is 34.1 Å². The predicted molar refractivity (Wildman–Crippen MR) is 117 cm³/mol. The summed E-state index contributed by atoms with van der Waals surface area (Å²) in [4.78, 5) is 19.5. The van der Waals surface area contributed by atoms with Gasteiger partial charge in [0.15, 0.2) is 5.82 Å². The Hall–Kier alpha value is -2.58. The molecule has 3 heterocycles. The number of rotatable bonds is 6. The van der Waals surface area contributed by atoms with Crippen molar-refractivity contribution in [2.45, 2.75) is 37.5 Å². The molecule has 1 amide bonds. The standard InChI is InChI=1S/C22H21FN4OS2/c23-17-7-2-1-6-16(17)19-25-21-27(26-19)15(14-30-21)9-12-24-20(28)22(10-3-4-11-22)18-8-5-13-29-18/h1-2,5-8,13-14H,3-4,9-12H2,(H,24,28). The summed E-state index contributed by atoms with van der Waals surface area (Å²) in [6, 6.07) is 10.6. The number of nitrogens with one attached hydrogen (secondary N) is 1. The van der Waals surface area contributed by atoms with E-state index in [2.05, 4.69) is 21.5 Å². The Morgan fingerprint density at radius 3 is 2.77 bits per heavy atom. The molecule has 154 valence electrons. The van der Waals surface area contributed by atoms with Crippen LogP contribution in [0.25, 0.3) is 16.3 Å². The SMILES string of the molecule is O=C(NCCc1csc2nc(-c3ccccc3F)nn12)C1(c2cccs2)CCCC1. The van der Waals surface area contributed by atoms with Gasteiger partial charge in [0.05, 0.1) is 16.7 Å². The minimum Gasteiger partial charge on any atom is -0.355 e. The summed E-state index contributed by atoms with van der Waals surface area (Å²) < 4.78 is 15.8. The van der Waals surface area contributed by atoms with E-state index < -0.39 is 0 Å². The Balaban J connectivity index is 1.30. The minimum atomic E-state index is -0.372. The van der Waals surface area contributed by atoms with Gasteiger partial charge in [0, 0.05) is 23.2 Å². The van der Waals surface area contributed by atoms with E-state index >= 15 is 0 Å². The fourth-order valence-electron chi connectivity index (χ4n) is 4.24. The van der Waals surface area contributed by atoms with Crippen LogP contribution in [0.3, 0.4) is 0 Å². The molecule has 0 unspecified atom stereocenters. The van der Waals surface area contributed by atoms with Crippen molar-refractivity contribution in [2.75, 3.05) is 6.54 Å². The molecule has 0 atom stereocenters. The number of benzene rings is 1. The smallest absolute Gasteiger partial charge is 0.231 e. The van der Waals surface area contributed by atoms with E-state index in [0.717, 1.165) is 36.3 Å². The van der Waals surface area contributed by atoms with Crippen LogP contribution in [0, 0.1) is 5.82 Å². The van der Waals surface area contributed by atoms with Gasteiger partial charge in [0.1, 0.15) is 5.82 Å². The predicted octanol–water partition coefficient (Wildman–Crippen LogP) is 4.83. The molecule has 0 saturated heterocycles. The Labute approximate surface area is 181 Å². The first-order valence-corrected chi connectivity index (χ1v) is 11.8. The van der Waals surface area contributed by atoms with Crippen LogP contribution in [0.1, 0.15) is 36.3 Å². The zero-order valence-corrected chi connectivity index (χ0v) is 17.9.